The molecule has 6 nitrogen and oxygen atoms in total. The van der Waals surface area contributed by atoms with E-state index >= 15 is 0 Å². The van der Waals surface area contributed by atoms with E-state index in [1.807, 2.05) is 54.6 Å². The smallest absolute Gasteiger partial charge is 0.275 e. The van der Waals surface area contributed by atoms with Crippen molar-refractivity contribution in [1.29, 1.82) is 0 Å². The van der Waals surface area contributed by atoms with Crippen molar-refractivity contribution in [1.82, 2.24) is 5.43 Å². The molecule has 0 heterocycles. The number of benzene rings is 4. The number of amides is 1. The van der Waals surface area contributed by atoms with Crippen LogP contribution in [0.2, 0.25) is 5.02 Å². The zero-order chi connectivity index (χ0) is 26.0. The number of nitrogens with zero attached hydrogens (tertiary/aromatic N) is 1. The molecule has 8 heteroatoms. The topological polar surface area (TPSA) is 69.2 Å². The number of hydrazone groups is 1. The van der Waals surface area contributed by atoms with Crippen LogP contribution in [0.3, 0.4) is 0 Å². The number of hydrogen-bond acceptors (Lipinski definition) is 5. The Kier molecular flexibility index (Phi) is 9.40. The molecule has 0 unspecified atom stereocenters. The summed E-state index contributed by atoms with van der Waals surface area (Å²) in [6.45, 7) is 0.665. The number of halogens is 2. The molecule has 0 fully saturated rings. The second-order valence-corrected chi connectivity index (χ2v) is 9.45. The average molecular weight is 627 g/mol. The first kappa shape index (κ1) is 26.5. The third-order valence-corrected chi connectivity index (χ3v) is 6.50. The molecule has 0 aromatic heterocycles. The van der Waals surface area contributed by atoms with Crippen LogP contribution in [-0.2, 0) is 13.2 Å². The van der Waals surface area contributed by atoms with Gasteiger partial charge in [0.2, 0.25) is 0 Å². The molecule has 37 heavy (non-hydrogen) atoms. The Bertz CT molecular complexity index is 1400. The second-order valence-electron chi connectivity index (χ2n) is 7.88. The van der Waals surface area contributed by atoms with Gasteiger partial charge in [0.25, 0.3) is 5.91 Å². The molecule has 1 N–H and O–H groups in total. The van der Waals surface area contributed by atoms with Gasteiger partial charge >= 0.3 is 0 Å². The fourth-order valence-electron chi connectivity index (χ4n) is 3.46. The molecule has 188 valence electrons. The fourth-order valence-corrected chi connectivity index (χ4v) is 4.43. The van der Waals surface area contributed by atoms with E-state index in [9.17, 15) is 4.79 Å². The van der Waals surface area contributed by atoms with Gasteiger partial charge in [0, 0.05) is 10.6 Å². The SMILES string of the molecule is COc1cc(/C=N/NC(=O)c2ccccc2OCc2ccccc2Cl)cc(I)c1OCc1ccccc1. The van der Waals surface area contributed by atoms with E-state index in [1.54, 1.807) is 49.7 Å². The molecule has 0 saturated heterocycles. The second kappa shape index (κ2) is 13.1. The zero-order valence-corrected chi connectivity index (χ0v) is 22.9. The summed E-state index contributed by atoms with van der Waals surface area (Å²) in [5.74, 6) is 1.27. The molecule has 0 saturated carbocycles. The van der Waals surface area contributed by atoms with Crippen molar-refractivity contribution < 1.29 is 19.0 Å². The van der Waals surface area contributed by atoms with Crippen molar-refractivity contribution in [3.8, 4) is 17.2 Å². The number of carbonyl (C=O) groups excluding carboxylic acids is 1. The molecule has 0 spiro atoms. The Labute approximate surface area is 234 Å². The van der Waals surface area contributed by atoms with E-state index in [0.717, 1.165) is 20.3 Å². The summed E-state index contributed by atoms with van der Waals surface area (Å²) >= 11 is 8.40. The summed E-state index contributed by atoms with van der Waals surface area (Å²) in [6.07, 6.45) is 1.55. The van der Waals surface area contributed by atoms with E-state index in [2.05, 4.69) is 33.1 Å². The van der Waals surface area contributed by atoms with Crippen LogP contribution in [0.5, 0.6) is 17.2 Å². The lowest BCUT2D eigenvalue weighted by atomic mass is 10.2. The van der Waals surface area contributed by atoms with Crippen molar-refractivity contribution in [3.05, 3.63) is 122 Å². The monoisotopic (exact) mass is 626 g/mol. The van der Waals surface area contributed by atoms with Gasteiger partial charge in [0.15, 0.2) is 11.5 Å². The van der Waals surface area contributed by atoms with Gasteiger partial charge in [-0.1, -0.05) is 72.3 Å². The van der Waals surface area contributed by atoms with Crippen LogP contribution in [0.1, 0.15) is 27.0 Å². The van der Waals surface area contributed by atoms with Crippen LogP contribution in [0.25, 0.3) is 0 Å². The van der Waals surface area contributed by atoms with Gasteiger partial charge in [-0.15, -0.1) is 0 Å². The molecule has 1 amide bonds. The number of ether oxygens (including phenoxy) is 3. The summed E-state index contributed by atoms with van der Waals surface area (Å²) < 4.78 is 18.3. The molecule has 0 atom stereocenters. The van der Waals surface area contributed by atoms with E-state index in [1.165, 1.54) is 0 Å². The summed E-state index contributed by atoms with van der Waals surface area (Å²) in [5.41, 5.74) is 5.57. The van der Waals surface area contributed by atoms with Gasteiger partial charge in [0.1, 0.15) is 19.0 Å². The first-order valence-corrected chi connectivity index (χ1v) is 12.8. The molecule has 0 bridgehead atoms. The van der Waals surface area contributed by atoms with Crippen molar-refractivity contribution in [3.63, 3.8) is 0 Å². The minimum absolute atomic E-state index is 0.240. The van der Waals surface area contributed by atoms with Crippen molar-refractivity contribution in [2.75, 3.05) is 7.11 Å². The number of carbonyl (C=O) groups is 1. The predicted molar refractivity (Wildman–Crippen MR) is 154 cm³/mol. The number of nitrogens with one attached hydrogen (secondary N) is 1. The normalized spacial score (nSPS) is 10.8. The van der Waals surface area contributed by atoms with Crippen molar-refractivity contribution >= 4 is 46.3 Å². The van der Waals surface area contributed by atoms with Gasteiger partial charge in [-0.3, -0.25) is 4.79 Å². The molecular formula is C29H24ClIN2O4. The number of para-hydroxylation sites is 1. The summed E-state index contributed by atoms with van der Waals surface area (Å²) in [6, 6.07) is 28.0. The molecule has 0 aliphatic heterocycles. The molecular weight excluding hydrogens is 603 g/mol. The van der Waals surface area contributed by atoms with E-state index in [0.29, 0.717) is 34.4 Å². The molecule has 4 rings (SSSR count). The molecule has 0 aliphatic carbocycles. The highest BCUT2D eigenvalue weighted by Crippen LogP contribution is 2.34. The van der Waals surface area contributed by atoms with Crippen LogP contribution < -0.4 is 19.6 Å². The van der Waals surface area contributed by atoms with Gasteiger partial charge in [0.05, 0.1) is 22.5 Å². The van der Waals surface area contributed by atoms with Gasteiger partial charge in [-0.25, -0.2) is 5.43 Å². The Morgan fingerprint density at radius 1 is 0.919 bits per heavy atom. The van der Waals surface area contributed by atoms with Crippen LogP contribution in [-0.4, -0.2) is 19.2 Å². The Balaban J connectivity index is 1.41. The zero-order valence-electron chi connectivity index (χ0n) is 20.0. The van der Waals surface area contributed by atoms with Gasteiger partial charge < -0.3 is 14.2 Å². The average Bonchev–Trinajstić information content (AvgIpc) is 2.92. The fraction of sp³-hybridized carbons (Fsp3) is 0.103. The lowest BCUT2D eigenvalue weighted by Crippen LogP contribution is -2.18. The first-order chi connectivity index (χ1) is 18.0. The molecule has 4 aromatic carbocycles. The maximum Gasteiger partial charge on any atom is 0.275 e. The van der Waals surface area contributed by atoms with Crippen LogP contribution in [0.4, 0.5) is 0 Å². The maximum absolute atomic E-state index is 12.8. The third-order valence-electron chi connectivity index (χ3n) is 5.33. The standard InChI is InChI=1S/C29H24ClIN2O4/c1-35-27-16-21(15-25(31)28(27)37-18-20-9-3-2-4-10-20)17-32-33-29(34)23-12-6-8-14-26(23)36-19-22-11-5-7-13-24(22)30/h2-17H,18-19H2,1H3,(H,33,34)/b32-17+. The summed E-state index contributed by atoms with van der Waals surface area (Å²) in [5, 5.41) is 4.74. The van der Waals surface area contributed by atoms with Crippen LogP contribution >= 0.6 is 34.2 Å². The minimum Gasteiger partial charge on any atom is -0.493 e. The highest BCUT2D eigenvalue weighted by Gasteiger charge is 2.14. The molecule has 0 aliphatic rings. The lowest BCUT2D eigenvalue weighted by molar-refractivity contribution is 0.0950. The number of hydrogen-bond donors (Lipinski definition) is 1. The van der Waals surface area contributed by atoms with E-state index in [4.69, 9.17) is 25.8 Å². The summed E-state index contributed by atoms with van der Waals surface area (Å²) in [7, 11) is 1.59. The molecule has 4 aromatic rings. The van der Waals surface area contributed by atoms with Gasteiger partial charge in [-0.05, 0) is 64.0 Å². The summed E-state index contributed by atoms with van der Waals surface area (Å²) in [4.78, 5) is 12.8. The van der Waals surface area contributed by atoms with Crippen LogP contribution in [0.15, 0.2) is 96.1 Å². The Hall–Kier alpha value is -3.56. The number of rotatable bonds is 10. The lowest BCUT2D eigenvalue weighted by Gasteiger charge is -2.13. The highest BCUT2D eigenvalue weighted by molar-refractivity contribution is 14.1. The van der Waals surface area contributed by atoms with Crippen LogP contribution in [0, 0.1) is 3.57 Å². The minimum atomic E-state index is -0.393. The van der Waals surface area contributed by atoms with Gasteiger partial charge in [-0.2, -0.15) is 5.10 Å². The largest absolute Gasteiger partial charge is 0.493 e. The van der Waals surface area contributed by atoms with Crippen molar-refractivity contribution in [2.24, 2.45) is 5.10 Å². The van der Waals surface area contributed by atoms with E-state index in [-0.39, 0.29) is 6.61 Å². The van der Waals surface area contributed by atoms with Crippen molar-refractivity contribution in [2.45, 2.75) is 13.2 Å². The third kappa shape index (κ3) is 7.24. The first-order valence-electron chi connectivity index (χ1n) is 11.4. The highest BCUT2D eigenvalue weighted by atomic mass is 127. The van der Waals surface area contributed by atoms with E-state index < -0.39 is 5.91 Å². The maximum atomic E-state index is 12.8. The number of methoxy groups -OCH3 is 1. The Morgan fingerprint density at radius 3 is 2.43 bits per heavy atom. The quantitative estimate of drug-likeness (QED) is 0.118. The Morgan fingerprint density at radius 2 is 1.65 bits per heavy atom. The molecule has 0 radical (unpaired) electrons. The predicted octanol–water partition coefficient (Wildman–Crippen LogP) is 6.88.